The number of benzene rings is 1. The highest BCUT2D eigenvalue weighted by Crippen LogP contribution is 2.43. The summed E-state index contributed by atoms with van der Waals surface area (Å²) in [5, 5.41) is 10.9. The molecule has 160 valence electrons. The van der Waals surface area contributed by atoms with E-state index in [1.54, 1.807) is 36.8 Å². The minimum Gasteiger partial charge on any atom is -0.497 e. The first-order valence-corrected chi connectivity index (χ1v) is 9.71. The molecular weight excluding hydrogens is 419 g/mol. The van der Waals surface area contributed by atoms with E-state index in [9.17, 15) is 13.2 Å². The Morgan fingerprint density at radius 3 is 2.53 bits per heavy atom. The molecule has 0 radical (unpaired) electrons. The van der Waals surface area contributed by atoms with Gasteiger partial charge in [0.15, 0.2) is 16.3 Å². The zero-order chi connectivity index (χ0) is 21.6. The molecule has 3 aromatic rings. The van der Waals surface area contributed by atoms with Crippen LogP contribution in [0, 0.1) is 4.77 Å². The molecule has 11 heteroatoms. The average Bonchev–Trinajstić information content (AvgIpc) is 3.34. The number of rotatable bonds is 6. The molecule has 30 heavy (non-hydrogen) atoms. The number of H-pyrrole nitrogens is 1. The molecule has 7 nitrogen and oxygen atoms in total. The summed E-state index contributed by atoms with van der Waals surface area (Å²) in [4.78, 5) is 0. The molecule has 1 atom stereocenters. The summed E-state index contributed by atoms with van der Waals surface area (Å²) in [7, 11) is 3.06. The van der Waals surface area contributed by atoms with Crippen LogP contribution in [-0.4, -0.2) is 38.8 Å². The summed E-state index contributed by atoms with van der Waals surface area (Å²) < 4.78 is 53.9. The van der Waals surface area contributed by atoms with E-state index in [1.807, 2.05) is 0 Å². The number of hydrogen-bond acceptors (Lipinski definition) is 5. The molecule has 0 aliphatic heterocycles. The quantitative estimate of drug-likeness (QED) is 0.567. The Balaban J connectivity index is 1.83. The maximum absolute atomic E-state index is 13.3. The summed E-state index contributed by atoms with van der Waals surface area (Å²) in [5.74, 6) is 1.57. The van der Waals surface area contributed by atoms with Crippen LogP contribution in [0.3, 0.4) is 0 Å². The molecule has 2 heterocycles. The van der Waals surface area contributed by atoms with Gasteiger partial charge >= 0.3 is 6.18 Å². The molecule has 0 amide bonds. The topological polar surface area (TPSA) is 69.9 Å². The predicted molar refractivity (Wildman–Crippen MR) is 105 cm³/mol. The van der Waals surface area contributed by atoms with Crippen LogP contribution in [0.4, 0.5) is 13.2 Å². The van der Waals surface area contributed by atoms with Crippen molar-refractivity contribution in [1.82, 2.24) is 24.5 Å². The Labute approximate surface area is 175 Å². The van der Waals surface area contributed by atoms with Crippen molar-refractivity contribution in [2.24, 2.45) is 0 Å². The minimum absolute atomic E-state index is 0.0712. The predicted octanol–water partition coefficient (Wildman–Crippen LogP) is 4.65. The largest absolute Gasteiger partial charge is 0.497 e. The van der Waals surface area contributed by atoms with E-state index in [2.05, 4.69) is 15.3 Å². The van der Waals surface area contributed by atoms with Crippen molar-refractivity contribution < 1.29 is 22.6 Å². The molecule has 1 aliphatic rings. The van der Waals surface area contributed by atoms with Gasteiger partial charge in [-0.1, -0.05) is 0 Å². The van der Waals surface area contributed by atoms with Crippen LogP contribution in [0.5, 0.6) is 11.5 Å². The van der Waals surface area contributed by atoms with E-state index >= 15 is 0 Å². The highest BCUT2D eigenvalue weighted by atomic mass is 32.1. The van der Waals surface area contributed by atoms with E-state index in [0.717, 1.165) is 18.9 Å². The first-order valence-electron chi connectivity index (χ1n) is 9.31. The van der Waals surface area contributed by atoms with Crippen molar-refractivity contribution in [1.29, 1.82) is 0 Å². The highest BCUT2D eigenvalue weighted by Gasteiger charge is 2.39. The lowest BCUT2D eigenvalue weighted by Gasteiger charge is -2.18. The molecule has 1 unspecified atom stereocenters. The van der Waals surface area contributed by atoms with Gasteiger partial charge in [0, 0.05) is 17.7 Å². The van der Waals surface area contributed by atoms with Crippen LogP contribution in [-0.2, 0) is 6.18 Å². The zero-order valence-electron chi connectivity index (χ0n) is 16.5. The second-order valence-electron chi connectivity index (χ2n) is 7.11. The maximum atomic E-state index is 13.3. The van der Waals surface area contributed by atoms with Crippen LogP contribution < -0.4 is 9.47 Å². The van der Waals surface area contributed by atoms with Crippen LogP contribution in [0.1, 0.15) is 48.9 Å². The first-order chi connectivity index (χ1) is 14.2. The van der Waals surface area contributed by atoms with Crippen molar-refractivity contribution in [3.05, 3.63) is 46.2 Å². The second kappa shape index (κ2) is 7.46. The monoisotopic (exact) mass is 439 g/mol. The summed E-state index contributed by atoms with van der Waals surface area (Å²) in [6.45, 7) is 1.75. The van der Waals surface area contributed by atoms with Gasteiger partial charge in [-0.25, -0.2) is 0 Å². The van der Waals surface area contributed by atoms with Gasteiger partial charge in [-0.05, 0) is 50.2 Å². The fourth-order valence-electron chi connectivity index (χ4n) is 3.44. The molecule has 0 bridgehead atoms. The summed E-state index contributed by atoms with van der Waals surface area (Å²) in [6, 6.07) is 5.73. The molecule has 0 spiro atoms. The molecule has 1 aromatic carbocycles. The fraction of sp³-hybridized carbons (Fsp3) is 0.421. The third-order valence-corrected chi connectivity index (χ3v) is 5.39. The molecule has 0 saturated heterocycles. The number of alkyl halides is 3. The van der Waals surface area contributed by atoms with Gasteiger partial charge < -0.3 is 9.47 Å². The van der Waals surface area contributed by atoms with Crippen molar-refractivity contribution in [3.63, 3.8) is 0 Å². The van der Waals surface area contributed by atoms with E-state index in [0.29, 0.717) is 28.7 Å². The number of nitrogens with one attached hydrogen (secondary N) is 1. The van der Waals surface area contributed by atoms with Gasteiger partial charge in [-0.2, -0.15) is 23.4 Å². The molecule has 1 N–H and O–H groups in total. The number of aromatic amines is 1. The fourth-order valence-corrected chi connectivity index (χ4v) is 3.68. The smallest absolute Gasteiger partial charge is 0.435 e. The summed E-state index contributed by atoms with van der Waals surface area (Å²) in [6.07, 6.45) is -2.83. The van der Waals surface area contributed by atoms with Gasteiger partial charge in [-0.15, -0.1) is 0 Å². The van der Waals surface area contributed by atoms with Crippen LogP contribution in [0.15, 0.2) is 24.3 Å². The minimum atomic E-state index is -4.52. The molecular formula is C19H20F3N5O2S. The van der Waals surface area contributed by atoms with Crippen molar-refractivity contribution >= 4 is 12.2 Å². The number of halogens is 3. The number of nitrogens with zero attached hydrogens (tertiary/aromatic N) is 4. The van der Waals surface area contributed by atoms with Crippen LogP contribution >= 0.6 is 12.2 Å². The standard InChI is InChI=1S/C19H20F3N5O2S/c1-10(27-14(11-4-5-11)9-16(25-27)19(20,21)22)17-23-24-18(30)26(17)13-7-6-12(28-2)8-15(13)29-3/h6-11H,4-5H2,1-3H3,(H,24,30). The van der Waals surface area contributed by atoms with Crippen LogP contribution in [0.2, 0.25) is 0 Å². The normalized spacial score (nSPS) is 15.3. The Kier molecular flexibility index (Phi) is 5.08. The van der Waals surface area contributed by atoms with Gasteiger partial charge in [0.05, 0.1) is 19.9 Å². The van der Waals surface area contributed by atoms with E-state index < -0.39 is 17.9 Å². The van der Waals surface area contributed by atoms with Crippen molar-refractivity contribution in [3.8, 4) is 17.2 Å². The van der Waals surface area contributed by atoms with Crippen molar-refractivity contribution in [2.75, 3.05) is 14.2 Å². The van der Waals surface area contributed by atoms with Gasteiger partial charge in [0.25, 0.3) is 0 Å². The summed E-state index contributed by atoms with van der Waals surface area (Å²) >= 11 is 5.40. The zero-order valence-corrected chi connectivity index (χ0v) is 17.3. The molecule has 4 rings (SSSR count). The Morgan fingerprint density at radius 1 is 1.20 bits per heavy atom. The van der Waals surface area contributed by atoms with Gasteiger partial charge in [-0.3, -0.25) is 14.3 Å². The Hall–Kier alpha value is -2.82. The average molecular weight is 439 g/mol. The van der Waals surface area contributed by atoms with Crippen molar-refractivity contribution in [2.45, 2.75) is 37.9 Å². The van der Waals surface area contributed by atoms with Crippen LogP contribution in [0.25, 0.3) is 5.69 Å². The molecule has 1 fully saturated rings. The number of aromatic nitrogens is 5. The maximum Gasteiger partial charge on any atom is 0.435 e. The third-order valence-electron chi connectivity index (χ3n) is 5.12. The lowest BCUT2D eigenvalue weighted by Crippen LogP contribution is -2.17. The number of hydrogen-bond donors (Lipinski definition) is 1. The Bertz CT molecular complexity index is 1130. The summed E-state index contributed by atoms with van der Waals surface area (Å²) in [5.41, 5.74) is 0.242. The second-order valence-corrected chi connectivity index (χ2v) is 7.49. The van der Waals surface area contributed by atoms with E-state index in [-0.39, 0.29) is 10.7 Å². The number of ether oxygens (including phenoxy) is 2. The third kappa shape index (κ3) is 3.57. The van der Waals surface area contributed by atoms with E-state index in [4.69, 9.17) is 21.7 Å². The lowest BCUT2D eigenvalue weighted by molar-refractivity contribution is -0.141. The number of methoxy groups -OCH3 is 2. The molecule has 1 aliphatic carbocycles. The van der Waals surface area contributed by atoms with Gasteiger partial charge in [0.1, 0.15) is 17.5 Å². The molecule has 2 aromatic heterocycles. The lowest BCUT2D eigenvalue weighted by atomic mass is 10.2. The molecule has 1 saturated carbocycles. The van der Waals surface area contributed by atoms with Gasteiger partial charge in [0.2, 0.25) is 0 Å². The highest BCUT2D eigenvalue weighted by molar-refractivity contribution is 7.71. The first kappa shape index (κ1) is 20.5. The SMILES string of the molecule is COc1ccc(-n2c(C(C)n3nc(C(F)(F)F)cc3C3CC3)n[nH]c2=S)c(OC)c1. The Morgan fingerprint density at radius 2 is 1.93 bits per heavy atom. The van der Waals surface area contributed by atoms with E-state index in [1.165, 1.54) is 11.8 Å².